The molecule has 6 nitrogen and oxygen atoms in total. The first-order valence-corrected chi connectivity index (χ1v) is 7.69. The Labute approximate surface area is 140 Å². The Balaban J connectivity index is 1.84. The van der Waals surface area contributed by atoms with Gasteiger partial charge in [-0.2, -0.15) is 13.2 Å². The number of ether oxygens (including phenoxy) is 1. The van der Waals surface area contributed by atoms with E-state index in [1.54, 1.807) is 6.07 Å². The van der Waals surface area contributed by atoms with E-state index in [-0.39, 0.29) is 23.1 Å². The van der Waals surface area contributed by atoms with Crippen molar-refractivity contribution in [2.45, 2.75) is 18.5 Å². The molecule has 1 aliphatic heterocycles. The number of nitrogens with two attached hydrogens (primary N) is 1. The standard InChI is InChI=1S/C16H14F3N5O/c17-16(18,19)11-6-22-15(20)24-13(11)10-5-21-14-9(10)1-2-12(23-14)8-3-4-25-7-8/h1-2,5-6,8H,3-4,7H2,(H,21,23)(H2,20,22,24). The molecular weight excluding hydrogens is 335 g/mol. The van der Waals surface area contributed by atoms with Crippen molar-refractivity contribution in [3.05, 3.63) is 35.8 Å². The lowest BCUT2D eigenvalue weighted by atomic mass is 10.0. The Morgan fingerprint density at radius 3 is 2.80 bits per heavy atom. The summed E-state index contributed by atoms with van der Waals surface area (Å²) in [6.07, 6.45) is -1.54. The average Bonchev–Trinajstić information content (AvgIpc) is 3.22. The summed E-state index contributed by atoms with van der Waals surface area (Å²) in [5.74, 6) is -0.0124. The van der Waals surface area contributed by atoms with Crippen molar-refractivity contribution in [2.24, 2.45) is 0 Å². The minimum atomic E-state index is -4.58. The van der Waals surface area contributed by atoms with Gasteiger partial charge < -0.3 is 15.5 Å². The molecule has 0 aliphatic carbocycles. The van der Waals surface area contributed by atoms with Crippen LogP contribution in [0, 0.1) is 0 Å². The van der Waals surface area contributed by atoms with Crippen LogP contribution in [0.3, 0.4) is 0 Å². The van der Waals surface area contributed by atoms with Crippen LogP contribution in [0.25, 0.3) is 22.3 Å². The molecule has 4 rings (SSSR count). The second-order valence-electron chi connectivity index (χ2n) is 5.88. The van der Waals surface area contributed by atoms with Crippen LogP contribution in [-0.4, -0.2) is 33.1 Å². The van der Waals surface area contributed by atoms with Crippen LogP contribution in [0.4, 0.5) is 19.1 Å². The van der Waals surface area contributed by atoms with Crippen LogP contribution in [-0.2, 0) is 10.9 Å². The van der Waals surface area contributed by atoms with Crippen molar-refractivity contribution in [2.75, 3.05) is 18.9 Å². The quantitative estimate of drug-likeness (QED) is 0.742. The molecule has 1 atom stereocenters. The fourth-order valence-corrected chi connectivity index (χ4v) is 3.02. The molecule has 3 aromatic rings. The summed E-state index contributed by atoms with van der Waals surface area (Å²) in [5, 5.41) is 0.547. The van der Waals surface area contributed by atoms with Crippen LogP contribution >= 0.6 is 0 Å². The molecule has 0 spiro atoms. The van der Waals surface area contributed by atoms with E-state index in [9.17, 15) is 13.2 Å². The highest BCUT2D eigenvalue weighted by atomic mass is 19.4. The Morgan fingerprint density at radius 1 is 1.24 bits per heavy atom. The molecule has 0 aromatic carbocycles. The molecule has 0 radical (unpaired) electrons. The smallest absolute Gasteiger partial charge is 0.381 e. The van der Waals surface area contributed by atoms with Gasteiger partial charge in [0, 0.05) is 41.6 Å². The number of hydrogen-bond donors (Lipinski definition) is 2. The summed E-state index contributed by atoms with van der Waals surface area (Å²) in [5.41, 5.74) is 5.96. The number of alkyl halides is 3. The maximum Gasteiger partial charge on any atom is 0.419 e. The van der Waals surface area contributed by atoms with Crippen molar-refractivity contribution in [3.8, 4) is 11.3 Å². The zero-order valence-corrected chi connectivity index (χ0v) is 13.0. The van der Waals surface area contributed by atoms with Gasteiger partial charge in [0.2, 0.25) is 5.95 Å². The highest BCUT2D eigenvalue weighted by molar-refractivity contribution is 5.93. The fraction of sp³-hybridized carbons (Fsp3) is 0.312. The predicted octanol–water partition coefficient (Wildman–Crippen LogP) is 3.12. The summed E-state index contributed by atoms with van der Waals surface area (Å²) >= 11 is 0. The molecule has 1 aliphatic rings. The first kappa shape index (κ1) is 15.8. The Morgan fingerprint density at radius 2 is 2.08 bits per heavy atom. The van der Waals surface area contributed by atoms with Crippen LogP contribution < -0.4 is 5.73 Å². The molecule has 3 N–H and O–H groups in total. The van der Waals surface area contributed by atoms with E-state index in [2.05, 4.69) is 19.9 Å². The summed E-state index contributed by atoms with van der Waals surface area (Å²) in [6, 6.07) is 3.57. The van der Waals surface area contributed by atoms with Crippen molar-refractivity contribution >= 4 is 17.0 Å². The lowest BCUT2D eigenvalue weighted by Crippen LogP contribution is -2.11. The van der Waals surface area contributed by atoms with E-state index >= 15 is 0 Å². The molecule has 0 saturated carbocycles. The Bertz CT molecular complexity index is 931. The van der Waals surface area contributed by atoms with Gasteiger partial charge in [-0.1, -0.05) is 0 Å². The third-order valence-corrected chi connectivity index (χ3v) is 4.28. The third-order valence-electron chi connectivity index (χ3n) is 4.28. The van der Waals surface area contributed by atoms with Crippen molar-refractivity contribution in [1.29, 1.82) is 0 Å². The number of pyridine rings is 1. The highest BCUT2D eigenvalue weighted by Gasteiger charge is 2.36. The zero-order valence-electron chi connectivity index (χ0n) is 13.0. The van der Waals surface area contributed by atoms with Gasteiger partial charge in [0.15, 0.2) is 0 Å². The molecule has 1 saturated heterocycles. The molecule has 130 valence electrons. The number of nitrogens with zero attached hydrogens (tertiary/aromatic N) is 3. The number of nitrogen functional groups attached to an aromatic ring is 1. The number of anilines is 1. The minimum absolute atomic E-state index is 0.205. The molecule has 1 unspecified atom stereocenters. The van der Waals surface area contributed by atoms with Gasteiger partial charge in [-0.05, 0) is 18.6 Å². The van der Waals surface area contributed by atoms with Crippen LogP contribution in [0.15, 0.2) is 24.5 Å². The lowest BCUT2D eigenvalue weighted by Gasteiger charge is -2.11. The number of aromatic nitrogens is 4. The van der Waals surface area contributed by atoms with Crippen molar-refractivity contribution in [1.82, 2.24) is 19.9 Å². The first-order chi connectivity index (χ1) is 11.9. The SMILES string of the molecule is Nc1ncc(C(F)(F)F)c(-c2c[nH]c3nc(C4CCOC4)ccc23)n1. The topological polar surface area (TPSA) is 89.7 Å². The zero-order chi connectivity index (χ0) is 17.6. The van der Waals surface area contributed by atoms with Gasteiger partial charge in [0.05, 0.1) is 12.3 Å². The number of fused-ring (bicyclic) bond motifs is 1. The molecule has 4 heterocycles. The number of H-pyrrole nitrogens is 1. The average molecular weight is 349 g/mol. The second kappa shape index (κ2) is 5.69. The van der Waals surface area contributed by atoms with Gasteiger partial charge in [0.1, 0.15) is 11.2 Å². The molecule has 0 amide bonds. The van der Waals surface area contributed by atoms with Crippen molar-refractivity contribution in [3.63, 3.8) is 0 Å². The van der Waals surface area contributed by atoms with Crippen LogP contribution in [0.2, 0.25) is 0 Å². The first-order valence-electron chi connectivity index (χ1n) is 7.69. The number of rotatable bonds is 2. The summed E-state index contributed by atoms with van der Waals surface area (Å²) in [6.45, 7) is 1.29. The van der Waals surface area contributed by atoms with E-state index in [0.717, 1.165) is 12.1 Å². The minimum Gasteiger partial charge on any atom is -0.381 e. The monoisotopic (exact) mass is 349 g/mol. The maximum atomic E-state index is 13.3. The van der Waals surface area contributed by atoms with Crippen molar-refractivity contribution < 1.29 is 17.9 Å². The van der Waals surface area contributed by atoms with E-state index in [0.29, 0.717) is 30.4 Å². The fourth-order valence-electron chi connectivity index (χ4n) is 3.02. The summed E-state index contributed by atoms with van der Waals surface area (Å²) in [7, 11) is 0. The molecule has 3 aromatic heterocycles. The van der Waals surface area contributed by atoms with Gasteiger partial charge in [-0.3, -0.25) is 0 Å². The molecule has 9 heteroatoms. The largest absolute Gasteiger partial charge is 0.419 e. The van der Waals surface area contributed by atoms with Gasteiger partial charge in [-0.15, -0.1) is 0 Å². The summed E-state index contributed by atoms with van der Waals surface area (Å²) < 4.78 is 45.2. The van der Waals surface area contributed by atoms with Gasteiger partial charge in [0.25, 0.3) is 0 Å². The van der Waals surface area contributed by atoms with Crippen LogP contribution in [0.5, 0.6) is 0 Å². The van der Waals surface area contributed by atoms with Gasteiger partial charge in [-0.25, -0.2) is 15.0 Å². The van der Waals surface area contributed by atoms with E-state index in [4.69, 9.17) is 10.5 Å². The highest BCUT2D eigenvalue weighted by Crippen LogP contribution is 2.38. The number of aromatic amines is 1. The van der Waals surface area contributed by atoms with E-state index in [1.807, 2.05) is 6.07 Å². The molecule has 0 bridgehead atoms. The number of hydrogen-bond acceptors (Lipinski definition) is 5. The van der Waals surface area contributed by atoms with E-state index in [1.165, 1.54) is 6.20 Å². The van der Waals surface area contributed by atoms with Gasteiger partial charge >= 0.3 is 6.18 Å². The normalized spacial score (nSPS) is 18.1. The Hall–Kier alpha value is -2.68. The second-order valence-corrected chi connectivity index (χ2v) is 5.88. The molecule has 1 fully saturated rings. The molecular formula is C16H14F3N5O. The Kier molecular flexibility index (Phi) is 3.60. The van der Waals surface area contributed by atoms with E-state index < -0.39 is 11.7 Å². The number of nitrogens with one attached hydrogen (secondary N) is 1. The molecule has 25 heavy (non-hydrogen) atoms. The lowest BCUT2D eigenvalue weighted by molar-refractivity contribution is -0.137. The van der Waals surface area contributed by atoms with Crippen LogP contribution in [0.1, 0.15) is 23.6 Å². The number of halogens is 3. The summed E-state index contributed by atoms with van der Waals surface area (Å²) in [4.78, 5) is 14.7. The predicted molar refractivity (Wildman–Crippen MR) is 84.7 cm³/mol. The third kappa shape index (κ3) is 2.80. The maximum absolute atomic E-state index is 13.3.